The van der Waals surface area contributed by atoms with Crippen molar-refractivity contribution in [3.63, 3.8) is 0 Å². The van der Waals surface area contributed by atoms with Gasteiger partial charge in [-0.1, -0.05) is 0 Å². The molecule has 1 aliphatic heterocycles. The fourth-order valence-electron chi connectivity index (χ4n) is 1.86. The van der Waals surface area contributed by atoms with Gasteiger partial charge >= 0.3 is 0 Å². The molecule has 0 amide bonds. The maximum absolute atomic E-state index is 12.0. The van der Waals surface area contributed by atoms with Crippen LogP contribution in [0, 0.1) is 0 Å². The second kappa shape index (κ2) is 6.32. The first-order chi connectivity index (χ1) is 6.77. The van der Waals surface area contributed by atoms with E-state index in [9.17, 15) is 4.39 Å². The first-order valence-corrected chi connectivity index (χ1v) is 5.50. The van der Waals surface area contributed by atoms with Gasteiger partial charge in [0.1, 0.15) is 0 Å². The number of hydrogen-bond acceptors (Lipinski definition) is 3. The first kappa shape index (κ1) is 11.9. The quantitative estimate of drug-likeness (QED) is 0.698. The van der Waals surface area contributed by atoms with Gasteiger partial charge in [0.25, 0.3) is 0 Å². The number of nitrogens with two attached hydrogens (primary N) is 1. The summed E-state index contributed by atoms with van der Waals surface area (Å²) < 4.78 is 12.0. The molecule has 0 spiro atoms. The monoisotopic (exact) mass is 203 g/mol. The average Bonchev–Trinajstić information content (AvgIpc) is 2.26. The van der Waals surface area contributed by atoms with E-state index < -0.39 is 0 Å². The Hall–Kier alpha value is -0.190. The summed E-state index contributed by atoms with van der Waals surface area (Å²) in [7, 11) is 0. The Morgan fingerprint density at radius 3 is 2.43 bits per heavy atom. The molecular formula is C10H22FN3. The van der Waals surface area contributed by atoms with Gasteiger partial charge in [0, 0.05) is 45.3 Å². The number of halogens is 1. The highest BCUT2D eigenvalue weighted by Crippen LogP contribution is 2.05. The summed E-state index contributed by atoms with van der Waals surface area (Å²) in [6, 6.07) is 0.485. The summed E-state index contributed by atoms with van der Waals surface area (Å²) >= 11 is 0. The average molecular weight is 203 g/mol. The van der Waals surface area contributed by atoms with Gasteiger partial charge in [-0.25, -0.2) is 0 Å². The fourth-order valence-corrected chi connectivity index (χ4v) is 1.86. The highest BCUT2D eigenvalue weighted by molar-refractivity contribution is 4.76. The molecule has 1 aliphatic rings. The van der Waals surface area contributed by atoms with Crippen LogP contribution < -0.4 is 5.73 Å². The van der Waals surface area contributed by atoms with Crippen LogP contribution in [0.1, 0.15) is 13.3 Å². The molecular weight excluding hydrogens is 181 g/mol. The molecule has 0 aromatic carbocycles. The maximum Gasteiger partial charge on any atom is 0.0906 e. The molecule has 14 heavy (non-hydrogen) atoms. The Labute approximate surface area is 86.0 Å². The van der Waals surface area contributed by atoms with Crippen LogP contribution in [0.25, 0.3) is 0 Å². The van der Waals surface area contributed by atoms with E-state index in [1.165, 1.54) is 0 Å². The largest absolute Gasteiger partial charge is 0.329 e. The van der Waals surface area contributed by atoms with Crippen molar-refractivity contribution in [3.8, 4) is 0 Å². The molecule has 0 radical (unpaired) electrons. The van der Waals surface area contributed by atoms with Crippen LogP contribution in [-0.2, 0) is 0 Å². The van der Waals surface area contributed by atoms with Gasteiger partial charge in [-0.15, -0.1) is 0 Å². The zero-order valence-corrected chi connectivity index (χ0v) is 9.08. The van der Waals surface area contributed by atoms with Crippen LogP contribution in [0.5, 0.6) is 0 Å². The van der Waals surface area contributed by atoms with Gasteiger partial charge < -0.3 is 10.6 Å². The van der Waals surface area contributed by atoms with Gasteiger partial charge in [0.05, 0.1) is 6.67 Å². The lowest BCUT2D eigenvalue weighted by Gasteiger charge is -2.37. The predicted molar refractivity (Wildman–Crippen MR) is 57.1 cm³/mol. The van der Waals surface area contributed by atoms with Crippen LogP contribution in [0.3, 0.4) is 0 Å². The van der Waals surface area contributed by atoms with Crippen molar-refractivity contribution >= 4 is 0 Å². The van der Waals surface area contributed by atoms with E-state index in [1.807, 2.05) is 0 Å². The topological polar surface area (TPSA) is 32.5 Å². The third-order valence-electron chi connectivity index (χ3n) is 2.98. The summed E-state index contributed by atoms with van der Waals surface area (Å²) in [6.07, 6.45) is 0.673. The number of hydrogen-bond donors (Lipinski definition) is 1. The molecule has 1 fully saturated rings. The standard InChI is InChI=1S/C10H22FN3/c1-10(9-12)14-7-5-13(6-8-14)4-2-3-11/h10H,2-9,12H2,1H3. The summed E-state index contributed by atoms with van der Waals surface area (Å²) in [4.78, 5) is 4.74. The van der Waals surface area contributed by atoms with Gasteiger partial charge in [-0.2, -0.15) is 0 Å². The Bertz CT molecular complexity index is 146. The maximum atomic E-state index is 12.0. The first-order valence-electron chi connectivity index (χ1n) is 5.50. The van der Waals surface area contributed by atoms with Crippen molar-refractivity contribution < 1.29 is 4.39 Å². The molecule has 1 unspecified atom stereocenters. The lowest BCUT2D eigenvalue weighted by atomic mass is 10.2. The van der Waals surface area contributed by atoms with Crippen LogP contribution >= 0.6 is 0 Å². The van der Waals surface area contributed by atoms with E-state index in [1.54, 1.807) is 0 Å². The Morgan fingerprint density at radius 2 is 1.93 bits per heavy atom. The molecule has 1 saturated heterocycles. The van der Waals surface area contributed by atoms with E-state index in [2.05, 4.69) is 16.7 Å². The number of rotatable bonds is 5. The summed E-state index contributed by atoms with van der Waals surface area (Å²) in [5.41, 5.74) is 5.61. The van der Waals surface area contributed by atoms with Gasteiger partial charge in [-0.05, 0) is 13.3 Å². The second-order valence-corrected chi connectivity index (χ2v) is 4.00. The van der Waals surface area contributed by atoms with Crippen molar-refractivity contribution in [1.29, 1.82) is 0 Å². The number of nitrogens with zero attached hydrogens (tertiary/aromatic N) is 2. The zero-order chi connectivity index (χ0) is 10.4. The van der Waals surface area contributed by atoms with Crippen molar-refractivity contribution in [1.82, 2.24) is 9.80 Å². The van der Waals surface area contributed by atoms with Gasteiger partial charge in [0.15, 0.2) is 0 Å². The highest BCUT2D eigenvalue weighted by Gasteiger charge is 2.19. The zero-order valence-electron chi connectivity index (χ0n) is 9.08. The van der Waals surface area contributed by atoms with Gasteiger partial charge in [0.2, 0.25) is 0 Å². The summed E-state index contributed by atoms with van der Waals surface area (Å²) in [5, 5.41) is 0. The second-order valence-electron chi connectivity index (χ2n) is 4.00. The van der Waals surface area contributed by atoms with Crippen LogP contribution in [0.2, 0.25) is 0 Å². The molecule has 0 saturated carbocycles. The van der Waals surface area contributed by atoms with Crippen LogP contribution in [0.15, 0.2) is 0 Å². The predicted octanol–water partition coefficient (Wildman–Crippen LogP) is 0.311. The minimum absolute atomic E-state index is 0.195. The molecule has 84 valence electrons. The van der Waals surface area contributed by atoms with Crippen molar-refractivity contribution in [3.05, 3.63) is 0 Å². The van der Waals surface area contributed by atoms with Gasteiger partial charge in [-0.3, -0.25) is 9.29 Å². The Balaban J connectivity index is 2.17. The molecule has 1 heterocycles. The van der Waals surface area contributed by atoms with E-state index in [0.717, 1.165) is 39.3 Å². The smallest absolute Gasteiger partial charge is 0.0906 e. The molecule has 2 N–H and O–H groups in total. The number of alkyl halides is 1. The molecule has 0 aromatic heterocycles. The van der Waals surface area contributed by atoms with Crippen LogP contribution in [-0.4, -0.2) is 61.8 Å². The Morgan fingerprint density at radius 1 is 1.29 bits per heavy atom. The summed E-state index contributed by atoms with van der Waals surface area (Å²) in [5.74, 6) is 0. The number of piperazine rings is 1. The molecule has 0 bridgehead atoms. The SMILES string of the molecule is CC(CN)N1CCN(CCCF)CC1. The molecule has 1 rings (SSSR count). The summed E-state index contributed by atoms with van der Waals surface area (Å²) in [6.45, 7) is 7.87. The molecule has 0 aliphatic carbocycles. The fraction of sp³-hybridized carbons (Fsp3) is 1.00. The third kappa shape index (κ3) is 3.52. The lowest BCUT2D eigenvalue weighted by Crippen LogP contribution is -2.51. The van der Waals surface area contributed by atoms with E-state index in [0.29, 0.717) is 12.5 Å². The van der Waals surface area contributed by atoms with E-state index >= 15 is 0 Å². The van der Waals surface area contributed by atoms with Crippen LogP contribution in [0.4, 0.5) is 4.39 Å². The normalized spacial score (nSPS) is 22.5. The minimum Gasteiger partial charge on any atom is -0.329 e. The highest BCUT2D eigenvalue weighted by atomic mass is 19.1. The van der Waals surface area contributed by atoms with E-state index in [-0.39, 0.29) is 6.67 Å². The molecule has 1 atom stereocenters. The third-order valence-corrected chi connectivity index (χ3v) is 2.98. The van der Waals surface area contributed by atoms with E-state index in [4.69, 9.17) is 5.73 Å². The lowest BCUT2D eigenvalue weighted by molar-refractivity contribution is 0.103. The molecule has 3 nitrogen and oxygen atoms in total. The molecule has 4 heteroatoms. The molecule has 0 aromatic rings. The van der Waals surface area contributed by atoms with Crippen molar-refractivity contribution in [2.24, 2.45) is 5.73 Å². The van der Waals surface area contributed by atoms with Crippen molar-refractivity contribution in [2.75, 3.05) is 45.9 Å². The Kier molecular flexibility index (Phi) is 5.37. The minimum atomic E-state index is -0.195. The van der Waals surface area contributed by atoms with Crippen molar-refractivity contribution in [2.45, 2.75) is 19.4 Å².